The number of fused-ring (bicyclic) bond motifs is 3. The maximum atomic E-state index is 12.4. The lowest BCUT2D eigenvalue weighted by atomic mass is 9.48. The lowest BCUT2D eigenvalue weighted by molar-refractivity contribution is -0.174. The summed E-state index contributed by atoms with van der Waals surface area (Å²) < 4.78 is 12.4. The minimum Gasteiger partial charge on any atom is -0.363 e. The fourth-order valence-electron chi connectivity index (χ4n) is 7.13. The van der Waals surface area contributed by atoms with Gasteiger partial charge in [0, 0.05) is 47.8 Å². The van der Waals surface area contributed by atoms with Crippen LogP contribution in [0.2, 0.25) is 0 Å². The summed E-state index contributed by atoms with van der Waals surface area (Å²) in [5.74, 6) is 1.76. The second-order valence-corrected chi connectivity index (χ2v) is 11.1. The van der Waals surface area contributed by atoms with Crippen LogP contribution in [0, 0.1) is 5.92 Å². The van der Waals surface area contributed by atoms with Gasteiger partial charge in [-0.2, -0.15) is 0 Å². The summed E-state index contributed by atoms with van der Waals surface area (Å²) in [4.78, 5) is 18.6. The fourth-order valence-corrected chi connectivity index (χ4v) is 7.13. The molecule has 0 amide bonds. The summed E-state index contributed by atoms with van der Waals surface area (Å²) in [6, 6.07) is 9.65. The van der Waals surface area contributed by atoms with Gasteiger partial charge in [-0.3, -0.25) is 19.2 Å². The van der Waals surface area contributed by atoms with Crippen LogP contribution >= 0.6 is 0 Å². The Balaban J connectivity index is 1.18. The highest BCUT2D eigenvalue weighted by Crippen LogP contribution is 2.64. The number of likely N-dealkylation sites (tertiary alicyclic amines) is 1. The number of benzene rings is 1. The van der Waals surface area contributed by atoms with E-state index in [1.54, 1.807) is 0 Å². The number of rotatable bonds is 7. The summed E-state index contributed by atoms with van der Waals surface area (Å²) in [5.41, 5.74) is 5.35. The molecule has 0 unspecified atom stereocenters. The standard InChI is InChI=1S/C27H33FN6/c1-17-9-21-20-5-2-3-6-22(20)32-25(21)26(34(17)27-10-18(11-27)12-27)23-13-30-24(14-29-23)31-19-15-33(16-19)8-4-7-28/h2-3,5-6,13-14,17-19,26,32H,4,7-12,15-16H2,1H3,(H,30,31)/t17-,18?,26-,27?/m1/s1. The second-order valence-electron chi connectivity index (χ2n) is 11.1. The van der Waals surface area contributed by atoms with Gasteiger partial charge in [0.15, 0.2) is 0 Å². The van der Waals surface area contributed by atoms with Gasteiger partial charge in [-0.1, -0.05) is 18.2 Å². The van der Waals surface area contributed by atoms with Gasteiger partial charge in [-0.25, -0.2) is 4.98 Å². The Labute approximate surface area is 200 Å². The number of anilines is 1. The van der Waals surface area contributed by atoms with Crippen molar-refractivity contribution in [2.45, 2.75) is 62.7 Å². The van der Waals surface area contributed by atoms with Crippen molar-refractivity contribution >= 4 is 16.7 Å². The first-order valence-corrected chi connectivity index (χ1v) is 12.9. The predicted octanol–water partition coefficient (Wildman–Crippen LogP) is 4.30. The SMILES string of the molecule is C[C@@H]1Cc2c([nH]c3ccccc23)[C@@H](c2cnc(NC3CN(CCCF)C3)cn2)N1C12CC(C1)C2. The zero-order valence-corrected chi connectivity index (χ0v) is 19.8. The molecule has 7 heteroatoms. The van der Waals surface area contributed by atoms with E-state index in [4.69, 9.17) is 9.97 Å². The van der Waals surface area contributed by atoms with Crippen LogP contribution in [0.4, 0.5) is 10.2 Å². The largest absolute Gasteiger partial charge is 0.363 e. The van der Waals surface area contributed by atoms with Crippen LogP contribution in [0.3, 0.4) is 0 Å². The molecular formula is C27H33FN6. The van der Waals surface area contributed by atoms with Gasteiger partial charge in [-0.05, 0) is 56.6 Å². The van der Waals surface area contributed by atoms with E-state index in [0.717, 1.165) is 43.5 Å². The van der Waals surface area contributed by atoms with Crippen molar-refractivity contribution in [1.82, 2.24) is 24.8 Å². The minimum absolute atomic E-state index is 0.119. The monoisotopic (exact) mass is 460 g/mol. The van der Waals surface area contributed by atoms with Gasteiger partial charge < -0.3 is 10.3 Å². The maximum Gasteiger partial charge on any atom is 0.144 e. The molecule has 3 aromatic rings. The van der Waals surface area contributed by atoms with Crippen LogP contribution < -0.4 is 5.32 Å². The molecule has 2 N–H and O–H groups in total. The number of hydrogen-bond acceptors (Lipinski definition) is 5. The van der Waals surface area contributed by atoms with Crippen LogP contribution in [-0.4, -0.2) is 68.7 Å². The lowest BCUT2D eigenvalue weighted by Crippen LogP contribution is -2.71. The third kappa shape index (κ3) is 3.13. The topological polar surface area (TPSA) is 60.1 Å². The number of alkyl halides is 1. The van der Waals surface area contributed by atoms with Crippen molar-refractivity contribution in [1.29, 1.82) is 0 Å². The number of nitrogens with zero attached hydrogens (tertiary/aromatic N) is 4. The molecule has 0 spiro atoms. The Kier molecular flexibility index (Phi) is 4.75. The first-order valence-electron chi connectivity index (χ1n) is 12.9. The summed E-state index contributed by atoms with van der Waals surface area (Å²) in [5, 5.41) is 4.85. The minimum atomic E-state index is -0.238. The van der Waals surface area contributed by atoms with E-state index in [-0.39, 0.29) is 12.7 Å². The van der Waals surface area contributed by atoms with Gasteiger partial charge in [0.25, 0.3) is 0 Å². The van der Waals surface area contributed by atoms with Crippen molar-refractivity contribution in [2.75, 3.05) is 31.6 Å². The Morgan fingerprint density at radius 1 is 1.15 bits per heavy atom. The summed E-state index contributed by atoms with van der Waals surface area (Å²) in [7, 11) is 0. The van der Waals surface area contributed by atoms with Crippen LogP contribution in [0.5, 0.6) is 0 Å². The molecule has 8 rings (SSSR count). The molecule has 2 aliphatic heterocycles. The lowest BCUT2D eigenvalue weighted by Gasteiger charge is -2.69. The van der Waals surface area contributed by atoms with Crippen LogP contribution in [0.25, 0.3) is 10.9 Å². The van der Waals surface area contributed by atoms with Gasteiger partial charge in [0.1, 0.15) is 5.82 Å². The molecule has 178 valence electrons. The molecule has 2 atom stereocenters. The van der Waals surface area contributed by atoms with Gasteiger partial charge in [0.05, 0.1) is 36.8 Å². The summed E-state index contributed by atoms with van der Waals surface area (Å²) in [6.45, 7) is 4.88. The van der Waals surface area contributed by atoms with E-state index in [1.807, 2.05) is 12.4 Å². The smallest absolute Gasteiger partial charge is 0.144 e. The van der Waals surface area contributed by atoms with E-state index in [2.05, 4.69) is 51.3 Å². The number of aromatic amines is 1. The van der Waals surface area contributed by atoms with Gasteiger partial charge in [0.2, 0.25) is 0 Å². The van der Waals surface area contributed by atoms with Gasteiger partial charge in [-0.15, -0.1) is 0 Å². The van der Waals surface area contributed by atoms with Crippen molar-refractivity contribution in [3.8, 4) is 0 Å². The third-order valence-electron chi connectivity index (χ3n) is 8.80. The average Bonchev–Trinajstić information content (AvgIpc) is 3.12. The fraction of sp³-hybridized carbons (Fsp3) is 0.556. The Hall–Kier alpha value is -2.51. The molecule has 4 fully saturated rings. The van der Waals surface area contributed by atoms with E-state index in [0.29, 0.717) is 24.0 Å². The van der Waals surface area contributed by atoms with Crippen LogP contribution in [-0.2, 0) is 6.42 Å². The number of hydrogen-bond donors (Lipinski definition) is 2. The Morgan fingerprint density at radius 3 is 2.68 bits per heavy atom. The molecule has 6 nitrogen and oxygen atoms in total. The summed E-state index contributed by atoms with van der Waals surface area (Å²) >= 11 is 0. The van der Waals surface area contributed by atoms with Crippen molar-refractivity contribution in [3.05, 3.63) is 53.6 Å². The third-order valence-corrected chi connectivity index (χ3v) is 8.80. The molecule has 2 bridgehead atoms. The molecule has 2 aromatic heterocycles. The van der Waals surface area contributed by atoms with Crippen LogP contribution in [0.1, 0.15) is 55.6 Å². The molecular weight excluding hydrogens is 427 g/mol. The van der Waals surface area contributed by atoms with E-state index < -0.39 is 0 Å². The zero-order valence-electron chi connectivity index (χ0n) is 19.8. The first kappa shape index (κ1) is 20.8. The number of nitrogens with one attached hydrogen (secondary N) is 2. The number of aromatic nitrogens is 3. The highest BCUT2D eigenvalue weighted by molar-refractivity contribution is 5.85. The molecule has 5 aliphatic rings. The predicted molar refractivity (Wildman–Crippen MR) is 132 cm³/mol. The van der Waals surface area contributed by atoms with E-state index in [1.165, 1.54) is 41.4 Å². The highest BCUT2D eigenvalue weighted by Gasteiger charge is 2.63. The summed E-state index contributed by atoms with van der Waals surface area (Å²) in [6.07, 6.45) is 9.58. The average molecular weight is 461 g/mol. The molecule has 4 heterocycles. The second kappa shape index (κ2) is 7.75. The molecule has 3 saturated carbocycles. The zero-order chi connectivity index (χ0) is 22.9. The molecule has 0 radical (unpaired) electrons. The highest BCUT2D eigenvalue weighted by atomic mass is 19.1. The van der Waals surface area contributed by atoms with E-state index >= 15 is 0 Å². The molecule has 1 aromatic carbocycles. The van der Waals surface area contributed by atoms with Crippen LogP contribution in [0.15, 0.2) is 36.7 Å². The molecule has 34 heavy (non-hydrogen) atoms. The van der Waals surface area contributed by atoms with Crippen molar-refractivity contribution < 1.29 is 4.39 Å². The normalized spacial score (nSPS) is 30.9. The number of para-hydroxylation sites is 1. The first-order chi connectivity index (χ1) is 16.6. The maximum absolute atomic E-state index is 12.4. The van der Waals surface area contributed by atoms with Crippen molar-refractivity contribution in [3.63, 3.8) is 0 Å². The number of halogens is 1. The quantitative estimate of drug-likeness (QED) is 0.551. The Morgan fingerprint density at radius 2 is 1.97 bits per heavy atom. The van der Waals surface area contributed by atoms with Crippen molar-refractivity contribution in [2.24, 2.45) is 5.92 Å². The van der Waals surface area contributed by atoms with E-state index in [9.17, 15) is 4.39 Å². The Bertz CT molecular complexity index is 1180. The molecule has 3 aliphatic carbocycles. The number of H-pyrrole nitrogens is 1. The van der Waals surface area contributed by atoms with Gasteiger partial charge >= 0.3 is 0 Å². The molecule has 1 saturated heterocycles.